The molecule has 0 unspecified atom stereocenters. The molecule has 8 rings (SSSR count). The zero-order valence-corrected chi connectivity index (χ0v) is 26.9. The molecule has 0 aliphatic heterocycles. The average Bonchev–Trinajstić information content (AvgIpc) is 3.51. The zero-order chi connectivity index (χ0) is 32.8. The Bertz CT molecular complexity index is 2440. The van der Waals surface area contributed by atoms with Gasteiger partial charge >= 0.3 is 6.18 Å². The maximum atomic E-state index is 14.5. The summed E-state index contributed by atoms with van der Waals surface area (Å²) in [5.41, 5.74) is 11.6. The zero-order valence-electron chi connectivity index (χ0n) is 26.9. The van der Waals surface area contributed by atoms with Crippen LogP contribution in [-0.2, 0) is 6.18 Å². The maximum absolute atomic E-state index is 14.5. The van der Waals surface area contributed by atoms with Crippen LogP contribution >= 0.6 is 0 Å². The van der Waals surface area contributed by atoms with E-state index in [1.165, 1.54) is 12.1 Å². The smallest absolute Gasteiger partial charge is 0.309 e. The number of aromatic nitrogens is 2. The molecule has 8 aromatic rings. The second-order valence-corrected chi connectivity index (χ2v) is 13.0. The van der Waals surface area contributed by atoms with E-state index in [-0.39, 0.29) is 0 Å². The van der Waals surface area contributed by atoms with Crippen LogP contribution in [0, 0.1) is 34.6 Å². The molecule has 2 nitrogen and oxygen atoms in total. The number of alkyl halides is 3. The van der Waals surface area contributed by atoms with Gasteiger partial charge in [0.05, 0.1) is 39.0 Å². The molecule has 0 radical (unpaired) electrons. The number of rotatable bonds is 3. The summed E-state index contributed by atoms with van der Waals surface area (Å²) < 4.78 is 47.8. The van der Waals surface area contributed by atoms with Gasteiger partial charge < -0.3 is 9.13 Å². The third-order valence-electron chi connectivity index (χ3n) is 9.40. The van der Waals surface area contributed by atoms with Gasteiger partial charge in [0, 0.05) is 32.7 Å². The number of aryl methyl sites for hydroxylation is 5. The summed E-state index contributed by atoms with van der Waals surface area (Å²) >= 11 is 0. The molecule has 0 fully saturated rings. The van der Waals surface area contributed by atoms with E-state index in [0.717, 1.165) is 82.7 Å². The van der Waals surface area contributed by atoms with Crippen LogP contribution in [0.3, 0.4) is 0 Å². The summed E-state index contributed by atoms with van der Waals surface area (Å²) in [6.07, 6.45) is -4.51. The topological polar surface area (TPSA) is 9.86 Å². The first-order valence-corrected chi connectivity index (χ1v) is 15.8. The second-order valence-electron chi connectivity index (χ2n) is 13.0. The maximum Gasteiger partial charge on any atom is 0.416 e. The molecule has 2 aromatic heterocycles. The third kappa shape index (κ3) is 4.64. The molecule has 0 bridgehead atoms. The number of fused-ring (bicyclic) bond motifs is 6. The third-order valence-corrected chi connectivity index (χ3v) is 9.40. The van der Waals surface area contributed by atoms with E-state index in [1.54, 1.807) is 6.07 Å². The molecule has 0 N–H and O–H groups in total. The molecule has 0 atom stereocenters. The van der Waals surface area contributed by atoms with Crippen molar-refractivity contribution in [3.8, 4) is 22.5 Å². The fourth-order valence-corrected chi connectivity index (χ4v) is 7.20. The molecule has 232 valence electrons. The van der Waals surface area contributed by atoms with Gasteiger partial charge in [0.15, 0.2) is 0 Å². The highest BCUT2D eigenvalue weighted by atomic mass is 19.4. The molecule has 0 saturated heterocycles. The van der Waals surface area contributed by atoms with Crippen molar-refractivity contribution in [3.05, 3.63) is 143 Å². The van der Waals surface area contributed by atoms with Gasteiger partial charge in [0.25, 0.3) is 0 Å². The highest BCUT2D eigenvalue weighted by Gasteiger charge is 2.32. The van der Waals surface area contributed by atoms with E-state index >= 15 is 0 Å². The fourth-order valence-electron chi connectivity index (χ4n) is 7.20. The molecule has 0 saturated carbocycles. The van der Waals surface area contributed by atoms with Crippen LogP contribution in [0.5, 0.6) is 0 Å². The van der Waals surface area contributed by atoms with Crippen LogP contribution in [-0.4, -0.2) is 9.13 Å². The number of nitrogens with zero attached hydrogens (tertiary/aromatic N) is 2. The van der Waals surface area contributed by atoms with Crippen LogP contribution in [0.15, 0.2) is 109 Å². The monoisotopic (exact) mass is 622 g/mol. The fraction of sp³-hybridized carbons (Fsp3) is 0.143. The van der Waals surface area contributed by atoms with Crippen LogP contribution in [0.2, 0.25) is 0 Å². The van der Waals surface area contributed by atoms with E-state index in [0.29, 0.717) is 11.3 Å². The lowest BCUT2D eigenvalue weighted by Crippen LogP contribution is -2.08. The van der Waals surface area contributed by atoms with Gasteiger partial charge in [-0.05, 0) is 113 Å². The van der Waals surface area contributed by atoms with E-state index in [1.807, 2.05) is 25.1 Å². The van der Waals surface area contributed by atoms with Gasteiger partial charge in [0.1, 0.15) is 0 Å². The molecule has 6 aromatic carbocycles. The molecule has 2 heterocycles. The van der Waals surface area contributed by atoms with Crippen molar-refractivity contribution in [2.75, 3.05) is 0 Å². The first-order chi connectivity index (χ1) is 22.5. The van der Waals surface area contributed by atoms with Crippen molar-refractivity contribution in [1.82, 2.24) is 9.13 Å². The predicted molar refractivity (Wildman–Crippen MR) is 189 cm³/mol. The van der Waals surface area contributed by atoms with Gasteiger partial charge in [-0.1, -0.05) is 58.1 Å². The normalized spacial score (nSPS) is 12.3. The molecular formula is C42H33F3N2. The Morgan fingerprint density at radius 3 is 1.09 bits per heavy atom. The summed E-state index contributed by atoms with van der Waals surface area (Å²) in [5.74, 6) is 0. The Kier molecular flexibility index (Phi) is 6.42. The second kappa shape index (κ2) is 10.4. The van der Waals surface area contributed by atoms with Gasteiger partial charge in [-0.25, -0.2) is 0 Å². The van der Waals surface area contributed by atoms with Crippen molar-refractivity contribution >= 4 is 43.6 Å². The van der Waals surface area contributed by atoms with Crippen LogP contribution in [0.25, 0.3) is 66.1 Å². The minimum atomic E-state index is -4.51. The predicted octanol–water partition coefficient (Wildman–Crippen LogP) is 12.1. The van der Waals surface area contributed by atoms with Crippen molar-refractivity contribution in [2.45, 2.75) is 40.8 Å². The largest absolute Gasteiger partial charge is 0.416 e. The van der Waals surface area contributed by atoms with Crippen molar-refractivity contribution < 1.29 is 13.2 Å². The quantitative estimate of drug-likeness (QED) is 0.186. The van der Waals surface area contributed by atoms with Crippen molar-refractivity contribution in [2.24, 2.45) is 0 Å². The summed E-state index contributed by atoms with van der Waals surface area (Å²) in [7, 11) is 0. The highest BCUT2D eigenvalue weighted by molar-refractivity contribution is 6.12. The summed E-state index contributed by atoms with van der Waals surface area (Å²) in [6, 6.07) is 35.7. The molecule has 47 heavy (non-hydrogen) atoms. The first-order valence-electron chi connectivity index (χ1n) is 15.8. The lowest BCUT2D eigenvalue weighted by atomic mass is 9.96. The summed E-state index contributed by atoms with van der Waals surface area (Å²) in [5, 5.41) is 4.39. The van der Waals surface area contributed by atoms with Crippen molar-refractivity contribution in [1.29, 1.82) is 0 Å². The number of hydrogen-bond donors (Lipinski definition) is 0. The minimum absolute atomic E-state index is 0.521. The Hall–Kier alpha value is -5.29. The lowest BCUT2D eigenvalue weighted by Gasteiger charge is -2.21. The van der Waals surface area contributed by atoms with Gasteiger partial charge in [-0.3, -0.25) is 0 Å². The molecule has 0 spiro atoms. The van der Waals surface area contributed by atoms with E-state index < -0.39 is 11.7 Å². The van der Waals surface area contributed by atoms with Crippen LogP contribution in [0.1, 0.15) is 33.4 Å². The number of benzene rings is 6. The SMILES string of the molecule is Cc1ccc(-n2c3ccc(C)cc3c3cc(C)ccc32)c(-c2cc(C(F)(F)F)ccc2-n2c3ccc(C)cc3c3cc(C)ccc32)c1. The minimum Gasteiger partial charge on any atom is -0.309 e. The molecular weight excluding hydrogens is 589 g/mol. The lowest BCUT2D eigenvalue weighted by molar-refractivity contribution is -0.137. The standard InChI is InChI=1S/C42H33F3N2/c1-24-6-12-36-30(18-24)31-19-25(2)7-13-37(31)46(36)40-16-10-28(5)22-34(40)35-23-29(42(43,44)45)11-17-41(35)47-38-14-8-26(3)20-32(38)33-21-27(4)9-15-39(33)47/h6-23H,1-5H3. The Balaban J connectivity index is 1.52. The Morgan fingerprint density at radius 2 is 0.702 bits per heavy atom. The molecule has 5 heteroatoms. The van der Waals surface area contributed by atoms with Crippen LogP contribution in [0.4, 0.5) is 13.2 Å². The van der Waals surface area contributed by atoms with E-state index in [2.05, 4.69) is 110 Å². The van der Waals surface area contributed by atoms with Crippen LogP contribution < -0.4 is 0 Å². The van der Waals surface area contributed by atoms with E-state index in [9.17, 15) is 13.2 Å². The Labute approximate surface area is 271 Å². The number of halogens is 3. The van der Waals surface area contributed by atoms with Gasteiger partial charge in [-0.15, -0.1) is 0 Å². The van der Waals surface area contributed by atoms with Gasteiger partial charge in [0.2, 0.25) is 0 Å². The molecule has 0 amide bonds. The number of hydrogen-bond acceptors (Lipinski definition) is 0. The summed E-state index contributed by atoms with van der Waals surface area (Å²) in [6.45, 7) is 10.3. The summed E-state index contributed by atoms with van der Waals surface area (Å²) in [4.78, 5) is 0. The first kappa shape index (κ1) is 29.1. The van der Waals surface area contributed by atoms with E-state index in [4.69, 9.17) is 0 Å². The van der Waals surface area contributed by atoms with Crippen molar-refractivity contribution in [3.63, 3.8) is 0 Å². The molecule has 0 aliphatic carbocycles. The Morgan fingerprint density at radius 1 is 0.383 bits per heavy atom. The molecule has 0 aliphatic rings. The van der Waals surface area contributed by atoms with Gasteiger partial charge in [-0.2, -0.15) is 13.2 Å². The average molecular weight is 623 g/mol. The highest BCUT2D eigenvalue weighted by Crippen LogP contribution is 2.43.